The summed E-state index contributed by atoms with van der Waals surface area (Å²) in [7, 11) is 0. The highest BCUT2D eigenvalue weighted by molar-refractivity contribution is 7.99. The van der Waals surface area contributed by atoms with Gasteiger partial charge in [0.05, 0.1) is 0 Å². The van der Waals surface area contributed by atoms with E-state index < -0.39 is 0 Å². The number of rotatable bonds is 6. The van der Waals surface area contributed by atoms with Gasteiger partial charge < -0.3 is 15.3 Å². The number of nitrogens with zero attached hydrogens (tertiary/aromatic N) is 3. The Hall–Kier alpha value is -1.01. The van der Waals surface area contributed by atoms with E-state index in [1.54, 1.807) is 6.33 Å². The Labute approximate surface area is 124 Å². The summed E-state index contributed by atoms with van der Waals surface area (Å²) in [6, 6.07) is 2.05. The Balaban J connectivity index is 1.59. The Bertz CT molecular complexity index is 447. The number of nitrogens with one attached hydrogen (secondary N) is 1. The summed E-state index contributed by atoms with van der Waals surface area (Å²) in [4.78, 5) is 11.0. The molecule has 3 rings (SSSR count). The molecule has 2 fully saturated rings. The van der Waals surface area contributed by atoms with E-state index in [-0.39, 0.29) is 6.61 Å². The number of aliphatic hydroxyl groups is 1. The number of aromatic nitrogens is 2. The second kappa shape index (κ2) is 6.18. The van der Waals surface area contributed by atoms with Crippen LogP contribution in [0.15, 0.2) is 12.4 Å². The number of hydrogen-bond donors (Lipinski definition) is 2. The fourth-order valence-electron chi connectivity index (χ4n) is 2.62. The first-order valence-electron chi connectivity index (χ1n) is 7.31. The first-order valence-corrected chi connectivity index (χ1v) is 8.46. The zero-order valence-electron chi connectivity index (χ0n) is 11.7. The maximum absolute atomic E-state index is 9.09. The molecule has 2 N–H and O–H groups in total. The molecule has 0 unspecified atom stereocenters. The Morgan fingerprint density at radius 1 is 1.30 bits per heavy atom. The van der Waals surface area contributed by atoms with E-state index in [4.69, 9.17) is 5.11 Å². The second-order valence-corrected chi connectivity index (χ2v) is 6.91. The first-order chi connectivity index (χ1) is 9.81. The average molecular weight is 294 g/mol. The van der Waals surface area contributed by atoms with Crippen LogP contribution in [0.25, 0.3) is 0 Å². The van der Waals surface area contributed by atoms with E-state index in [0.717, 1.165) is 37.7 Å². The molecule has 0 atom stereocenters. The lowest BCUT2D eigenvalue weighted by molar-refractivity contribution is 0.253. The highest BCUT2D eigenvalue weighted by Crippen LogP contribution is 2.48. The standard InChI is InChI=1S/C14H22N4OS/c19-6-3-14(1-2-14)10-15-12-9-13(17-11-16-12)18-4-7-20-8-5-18/h9,11,19H,1-8,10H2,(H,15,16,17). The molecular weight excluding hydrogens is 272 g/mol. The van der Waals surface area contributed by atoms with E-state index >= 15 is 0 Å². The van der Waals surface area contributed by atoms with Gasteiger partial charge in [-0.3, -0.25) is 0 Å². The summed E-state index contributed by atoms with van der Waals surface area (Å²) in [6.45, 7) is 3.31. The number of anilines is 2. The lowest BCUT2D eigenvalue weighted by atomic mass is 10.0. The normalized spacial score (nSPS) is 20.8. The molecule has 1 saturated carbocycles. The lowest BCUT2D eigenvalue weighted by Gasteiger charge is -2.27. The van der Waals surface area contributed by atoms with Crippen LogP contribution < -0.4 is 10.2 Å². The van der Waals surface area contributed by atoms with Crippen LogP contribution in [0.3, 0.4) is 0 Å². The minimum absolute atomic E-state index is 0.280. The van der Waals surface area contributed by atoms with E-state index in [1.807, 2.05) is 17.8 Å². The zero-order valence-corrected chi connectivity index (χ0v) is 12.5. The number of aliphatic hydroxyl groups excluding tert-OH is 1. The predicted octanol–water partition coefficient (Wildman–Crippen LogP) is 1.60. The van der Waals surface area contributed by atoms with Crippen molar-refractivity contribution in [1.82, 2.24) is 9.97 Å². The summed E-state index contributed by atoms with van der Waals surface area (Å²) in [5.41, 5.74) is 0.307. The summed E-state index contributed by atoms with van der Waals surface area (Å²) in [5.74, 6) is 4.27. The average Bonchev–Trinajstić information content (AvgIpc) is 3.27. The third-order valence-electron chi connectivity index (χ3n) is 4.23. The predicted molar refractivity (Wildman–Crippen MR) is 83.4 cm³/mol. The first kappa shape index (κ1) is 13.9. The van der Waals surface area contributed by atoms with Gasteiger partial charge in [-0.05, 0) is 24.7 Å². The van der Waals surface area contributed by atoms with Gasteiger partial charge in [0.1, 0.15) is 18.0 Å². The molecule has 110 valence electrons. The van der Waals surface area contributed by atoms with Crippen molar-refractivity contribution < 1.29 is 5.11 Å². The molecule has 1 aliphatic carbocycles. The smallest absolute Gasteiger partial charge is 0.134 e. The van der Waals surface area contributed by atoms with Crippen LogP contribution in [-0.4, -0.2) is 52.8 Å². The van der Waals surface area contributed by atoms with Crippen LogP contribution in [0.2, 0.25) is 0 Å². The van der Waals surface area contributed by atoms with Crippen LogP contribution in [0.5, 0.6) is 0 Å². The van der Waals surface area contributed by atoms with Gasteiger partial charge in [-0.2, -0.15) is 11.8 Å². The van der Waals surface area contributed by atoms with Crippen molar-refractivity contribution in [2.75, 3.05) is 48.0 Å². The van der Waals surface area contributed by atoms with Crippen LogP contribution >= 0.6 is 11.8 Å². The van der Waals surface area contributed by atoms with Gasteiger partial charge in [0.25, 0.3) is 0 Å². The zero-order chi connectivity index (χ0) is 13.8. The molecule has 0 amide bonds. The molecule has 0 spiro atoms. The van der Waals surface area contributed by atoms with Gasteiger partial charge in [0.2, 0.25) is 0 Å². The Morgan fingerprint density at radius 3 is 2.80 bits per heavy atom. The van der Waals surface area contributed by atoms with Crippen molar-refractivity contribution in [2.24, 2.45) is 5.41 Å². The highest BCUT2D eigenvalue weighted by atomic mass is 32.2. The monoisotopic (exact) mass is 294 g/mol. The molecule has 1 aromatic heterocycles. The third kappa shape index (κ3) is 3.35. The molecular formula is C14H22N4OS. The molecule has 5 nitrogen and oxygen atoms in total. The van der Waals surface area contributed by atoms with Gasteiger partial charge in [-0.15, -0.1) is 0 Å². The van der Waals surface area contributed by atoms with Gasteiger partial charge in [0, 0.05) is 43.8 Å². The molecule has 2 heterocycles. The maximum atomic E-state index is 9.09. The van der Waals surface area contributed by atoms with Crippen molar-refractivity contribution in [2.45, 2.75) is 19.3 Å². The fourth-order valence-corrected chi connectivity index (χ4v) is 3.52. The third-order valence-corrected chi connectivity index (χ3v) is 5.17. The van der Waals surface area contributed by atoms with Gasteiger partial charge in [-0.25, -0.2) is 9.97 Å². The quantitative estimate of drug-likeness (QED) is 0.831. The number of thioether (sulfide) groups is 1. The fraction of sp³-hybridized carbons (Fsp3) is 0.714. The van der Waals surface area contributed by atoms with E-state index in [0.29, 0.717) is 5.41 Å². The molecule has 0 radical (unpaired) electrons. The van der Waals surface area contributed by atoms with Crippen LogP contribution in [-0.2, 0) is 0 Å². The van der Waals surface area contributed by atoms with Crippen molar-refractivity contribution in [3.05, 3.63) is 12.4 Å². The van der Waals surface area contributed by atoms with Gasteiger partial charge in [-0.1, -0.05) is 0 Å². The summed E-state index contributed by atoms with van der Waals surface area (Å²) >= 11 is 2.00. The lowest BCUT2D eigenvalue weighted by Crippen LogP contribution is -2.33. The summed E-state index contributed by atoms with van der Waals surface area (Å²) in [6.07, 6.45) is 4.95. The van der Waals surface area contributed by atoms with Crippen LogP contribution in [0.4, 0.5) is 11.6 Å². The topological polar surface area (TPSA) is 61.3 Å². The second-order valence-electron chi connectivity index (χ2n) is 5.69. The van der Waals surface area contributed by atoms with Crippen LogP contribution in [0.1, 0.15) is 19.3 Å². The van der Waals surface area contributed by atoms with Crippen LogP contribution in [0, 0.1) is 5.41 Å². The van der Waals surface area contributed by atoms with Crippen molar-refractivity contribution in [3.8, 4) is 0 Å². The summed E-state index contributed by atoms with van der Waals surface area (Å²) < 4.78 is 0. The largest absolute Gasteiger partial charge is 0.396 e. The SMILES string of the molecule is OCCC1(CNc2cc(N3CCSCC3)ncn2)CC1. The molecule has 0 bridgehead atoms. The molecule has 1 aliphatic heterocycles. The molecule has 2 aliphatic rings. The van der Waals surface area contributed by atoms with Gasteiger partial charge >= 0.3 is 0 Å². The minimum Gasteiger partial charge on any atom is -0.396 e. The minimum atomic E-state index is 0.280. The summed E-state index contributed by atoms with van der Waals surface area (Å²) in [5, 5.41) is 12.5. The van der Waals surface area contributed by atoms with Gasteiger partial charge in [0.15, 0.2) is 0 Å². The van der Waals surface area contributed by atoms with Crippen molar-refractivity contribution in [3.63, 3.8) is 0 Å². The molecule has 1 aromatic rings. The van der Waals surface area contributed by atoms with E-state index in [9.17, 15) is 0 Å². The molecule has 1 saturated heterocycles. The Kier molecular flexibility index (Phi) is 4.31. The Morgan fingerprint density at radius 2 is 2.10 bits per heavy atom. The molecule has 20 heavy (non-hydrogen) atoms. The maximum Gasteiger partial charge on any atom is 0.134 e. The number of hydrogen-bond acceptors (Lipinski definition) is 6. The molecule has 6 heteroatoms. The van der Waals surface area contributed by atoms with Crippen molar-refractivity contribution >= 4 is 23.4 Å². The van der Waals surface area contributed by atoms with E-state index in [1.165, 1.54) is 24.3 Å². The molecule has 0 aromatic carbocycles. The highest BCUT2D eigenvalue weighted by Gasteiger charge is 2.41. The van der Waals surface area contributed by atoms with Crippen molar-refractivity contribution in [1.29, 1.82) is 0 Å². The van der Waals surface area contributed by atoms with E-state index in [2.05, 4.69) is 20.2 Å².